The van der Waals surface area contributed by atoms with Crippen LogP contribution >= 0.6 is 45.9 Å². The van der Waals surface area contributed by atoms with Crippen LogP contribution in [0.3, 0.4) is 0 Å². The van der Waals surface area contributed by atoms with Crippen LogP contribution in [0.2, 0.25) is 10.0 Å². The van der Waals surface area contributed by atoms with Crippen molar-refractivity contribution in [3.05, 3.63) is 61.1 Å². The van der Waals surface area contributed by atoms with Gasteiger partial charge in [-0.15, -0.1) is 22.7 Å². The normalized spacial score (nSPS) is 18.3. The van der Waals surface area contributed by atoms with Gasteiger partial charge in [-0.3, -0.25) is 9.59 Å². The number of nitrogens with zero attached hydrogens (tertiary/aromatic N) is 1. The number of aromatic hydroxyl groups is 1. The van der Waals surface area contributed by atoms with Crippen molar-refractivity contribution in [3.8, 4) is 16.2 Å². The maximum absolute atomic E-state index is 12.6. The maximum Gasteiger partial charge on any atom is 0.281 e. The van der Waals surface area contributed by atoms with E-state index in [4.69, 9.17) is 23.2 Å². The zero-order valence-electron chi connectivity index (χ0n) is 18.7. The summed E-state index contributed by atoms with van der Waals surface area (Å²) in [5.41, 5.74) is 4.11. The predicted molar refractivity (Wildman–Crippen MR) is 141 cm³/mol. The maximum atomic E-state index is 12.6. The second-order valence-electron chi connectivity index (χ2n) is 8.24. The van der Waals surface area contributed by atoms with Gasteiger partial charge in [0.2, 0.25) is 0 Å². The molecule has 0 spiro atoms. The molecular weight excluding hydrogens is 529 g/mol. The molecule has 1 fully saturated rings. The van der Waals surface area contributed by atoms with Crippen LogP contribution in [0.15, 0.2) is 40.8 Å². The molecule has 0 radical (unpaired) electrons. The van der Waals surface area contributed by atoms with Crippen LogP contribution in [-0.2, 0) is 0 Å². The number of benzene rings is 1. The highest BCUT2D eigenvalue weighted by Gasteiger charge is 2.22. The zero-order chi connectivity index (χ0) is 25.1. The van der Waals surface area contributed by atoms with Gasteiger partial charge < -0.3 is 15.5 Å². The molecule has 1 aromatic carbocycles. The van der Waals surface area contributed by atoms with Gasteiger partial charge in [0.1, 0.15) is 5.75 Å². The third-order valence-electron chi connectivity index (χ3n) is 5.75. The number of halogens is 2. The monoisotopic (exact) mass is 551 g/mol. The summed E-state index contributed by atoms with van der Waals surface area (Å²) in [6.45, 7) is 1.68. The van der Waals surface area contributed by atoms with Crippen molar-refractivity contribution < 1.29 is 19.8 Å². The minimum absolute atomic E-state index is 0.0320. The van der Waals surface area contributed by atoms with E-state index in [1.54, 1.807) is 42.6 Å². The molecule has 3 aromatic rings. The fraction of sp³-hybridized carbons (Fsp3) is 0.292. The van der Waals surface area contributed by atoms with Gasteiger partial charge in [-0.2, -0.15) is 5.10 Å². The van der Waals surface area contributed by atoms with Gasteiger partial charge in [0.25, 0.3) is 11.8 Å². The Balaban J connectivity index is 1.39. The quantitative estimate of drug-likeness (QED) is 0.233. The Kier molecular flexibility index (Phi) is 8.13. The number of hydrogen-bond acceptors (Lipinski definition) is 7. The summed E-state index contributed by atoms with van der Waals surface area (Å²) in [6.07, 6.45) is 2.54. The number of nitrogens with one attached hydrogen (secondary N) is 2. The molecule has 1 aliphatic carbocycles. The van der Waals surface area contributed by atoms with Crippen molar-refractivity contribution >= 4 is 63.4 Å². The Labute approximate surface area is 220 Å². The molecule has 4 rings (SSSR count). The second kappa shape index (κ2) is 11.1. The lowest BCUT2D eigenvalue weighted by molar-refractivity contribution is 0.0871. The Morgan fingerprint density at radius 1 is 1.03 bits per heavy atom. The number of thiophene rings is 2. The summed E-state index contributed by atoms with van der Waals surface area (Å²) >= 11 is 14.5. The molecule has 1 saturated carbocycles. The van der Waals surface area contributed by atoms with E-state index in [9.17, 15) is 19.8 Å². The first-order valence-corrected chi connectivity index (χ1v) is 13.4. The summed E-state index contributed by atoms with van der Waals surface area (Å²) in [5, 5.41) is 29.9. The van der Waals surface area contributed by atoms with Crippen LogP contribution in [0, 0.1) is 0 Å². The van der Waals surface area contributed by atoms with E-state index in [0.29, 0.717) is 48.8 Å². The lowest BCUT2D eigenvalue weighted by atomic mass is 9.93. The van der Waals surface area contributed by atoms with E-state index in [0.717, 1.165) is 29.7 Å². The van der Waals surface area contributed by atoms with Crippen LogP contribution < -0.4 is 10.7 Å². The fourth-order valence-electron chi connectivity index (χ4n) is 3.76. The third kappa shape index (κ3) is 6.05. The van der Waals surface area contributed by atoms with Gasteiger partial charge in [-0.05, 0) is 62.4 Å². The fourth-order valence-corrected chi connectivity index (χ4v) is 5.86. The van der Waals surface area contributed by atoms with E-state index >= 15 is 0 Å². The summed E-state index contributed by atoms with van der Waals surface area (Å²) in [6, 6.07) is 8.32. The predicted octanol–water partition coefficient (Wildman–Crippen LogP) is 5.68. The molecule has 0 unspecified atom stereocenters. The van der Waals surface area contributed by atoms with Gasteiger partial charge in [0.15, 0.2) is 0 Å². The largest absolute Gasteiger partial charge is 0.506 e. The highest BCUT2D eigenvalue weighted by molar-refractivity contribution is 7.16. The Hall–Kier alpha value is -2.43. The molecule has 0 atom stereocenters. The van der Waals surface area contributed by atoms with Gasteiger partial charge in [-0.25, -0.2) is 5.43 Å². The van der Waals surface area contributed by atoms with Gasteiger partial charge in [0, 0.05) is 11.4 Å². The molecule has 0 saturated heterocycles. The van der Waals surface area contributed by atoms with Crippen molar-refractivity contribution in [2.75, 3.05) is 0 Å². The van der Waals surface area contributed by atoms with Crippen LogP contribution in [-0.4, -0.2) is 39.9 Å². The highest BCUT2D eigenvalue weighted by Crippen LogP contribution is 2.40. The smallest absolute Gasteiger partial charge is 0.281 e. The number of hydrazone groups is 1. The van der Waals surface area contributed by atoms with Crippen LogP contribution in [0.1, 0.15) is 57.5 Å². The molecule has 2 amide bonds. The minimum atomic E-state index is -0.450. The van der Waals surface area contributed by atoms with E-state index < -0.39 is 5.91 Å². The molecular formula is C24H23Cl2N3O4S2. The van der Waals surface area contributed by atoms with E-state index in [2.05, 4.69) is 15.8 Å². The summed E-state index contributed by atoms with van der Waals surface area (Å²) in [5.74, 6) is -0.643. The third-order valence-corrected chi connectivity index (χ3v) is 8.59. The van der Waals surface area contributed by atoms with Crippen LogP contribution in [0.5, 0.6) is 5.75 Å². The average Bonchev–Trinajstić information content (AvgIpc) is 3.48. The lowest BCUT2D eigenvalue weighted by Crippen LogP contribution is -2.38. The molecule has 2 heterocycles. The molecule has 35 heavy (non-hydrogen) atoms. The molecule has 184 valence electrons. The number of aliphatic hydroxyl groups is 1. The molecule has 0 aliphatic heterocycles. The first kappa shape index (κ1) is 25.7. The van der Waals surface area contributed by atoms with Crippen molar-refractivity contribution in [1.82, 2.24) is 10.7 Å². The molecule has 4 N–H and O–H groups in total. The van der Waals surface area contributed by atoms with E-state index in [1.807, 2.05) is 0 Å². The summed E-state index contributed by atoms with van der Waals surface area (Å²) < 4.78 is 0. The lowest BCUT2D eigenvalue weighted by Gasteiger charge is -2.25. The molecule has 11 heteroatoms. The topological polar surface area (TPSA) is 111 Å². The molecule has 1 aliphatic rings. The van der Waals surface area contributed by atoms with E-state index in [1.165, 1.54) is 11.3 Å². The van der Waals surface area contributed by atoms with Gasteiger partial charge in [-0.1, -0.05) is 29.3 Å². The highest BCUT2D eigenvalue weighted by atomic mass is 35.5. The average molecular weight is 553 g/mol. The van der Waals surface area contributed by atoms with E-state index in [-0.39, 0.29) is 23.8 Å². The van der Waals surface area contributed by atoms with Crippen molar-refractivity contribution in [2.45, 2.75) is 44.8 Å². The van der Waals surface area contributed by atoms with Crippen molar-refractivity contribution in [1.29, 1.82) is 0 Å². The first-order chi connectivity index (χ1) is 16.7. The van der Waals surface area contributed by atoms with Crippen LogP contribution in [0.25, 0.3) is 10.4 Å². The molecule has 2 aromatic heterocycles. The molecule has 0 bridgehead atoms. The van der Waals surface area contributed by atoms with Crippen molar-refractivity contribution in [3.63, 3.8) is 0 Å². The summed E-state index contributed by atoms with van der Waals surface area (Å²) in [7, 11) is 0. The number of rotatable bonds is 6. The summed E-state index contributed by atoms with van der Waals surface area (Å²) in [4.78, 5) is 26.5. The molecule has 7 nitrogen and oxygen atoms in total. The Morgan fingerprint density at radius 2 is 1.71 bits per heavy atom. The Bertz CT molecular complexity index is 1280. The van der Waals surface area contributed by atoms with Crippen LogP contribution in [0.4, 0.5) is 0 Å². The SMILES string of the molecule is CC(=NNC(=O)c1ccc(C(=O)NC2CCC(O)CC2)s1)c1csc(-c2ccc(Cl)c(Cl)c2)c1O. The number of carbonyl (C=O) groups is 2. The number of amides is 2. The van der Waals surface area contributed by atoms with Gasteiger partial charge >= 0.3 is 0 Å². The first-order valence-electron chi connectivity index (χ1n) is 10.9. The zero-order valence-corrected chi connectivity index (χ0v) is 21.8. The number of carbonyl (C=O) groups excluding carboxylic acids is 2. The minimum Gasteiger partial charge on any atom is -0.506 e. The van der Waals surface area contributed by atoms with Gasteiger partial charge in [0.05, 0.1) is 42.1 Å². The number of aliphatic hydroxyl groups excluding tert-OH is 1. The Morgan fingerprint density at radius 3 is 2.40 bits per heavy atom. The standard InChI is InChI=1S/C24H23Cl2N3O4S2/c1-12(16-11-34-22(21(16)31)13-2-7-17(25)18(26)10-13)28-29-24(33)20-9-8-19(35-20)23(32)27-14-3-5-15(30)6-4-14/h2,7-11,14-15,30-31H,3-6H2,1H3,(H,27,32)(H,29,33). The number of hydrogen-bond donors (Lipinski definition) is 4. The van der Waals surface area contributed by atoms with Crippen molar-refractivity contribution in [2.24, 2.45) is 5.10 Å². The second-order valence-corrected chi connectivity index (χ2v) is 11.0.